The number of likely N-dealkylation sites (N-methyl/N-ethyl adjacent to an activating group) is 1. The summed E-state index contributed by atoms with van der Waals surface area (Å²) in [6.45, 7) is 8.28. The molecule has 2 atom stereocenters. The van der Waals surface area contributed by atoms with Crippen LogP contribution >= 0.6 is 24.0 Å². The fourth-order valence-corrected chi connectivity index (χ4v) is 2.91. The molecule has 2 fully saturated rings. The number of likely N-dealkylation sites (tertiary alicyclic amines) is 1. The first-order valence-electron chi connectivity index (χ1n) is 7.44. The zero-order valence-electron chi connectivity index (χ0n) is 13.0. The molecule has 2 aliphatic rings. The highest BCUT2D eigenvalue weighted by Crippen LogP contribution is 2.15. The molecule has 118 valence electrons. The molecule has 6 heteroatoms. The highest BCUT2D eigenvalue weighted by molar-refractivity contribution is 14.0. The van der Waals surface area contributed by atoms with Crippen LogP contribution in [0, 0.1) is 5.92 Å². The summed E-state index contributed by atoms with van der Waals surface area (Å²) < 4.78 is 5.77. The van der Waals surface area contributed by atoms with Crippen molar-refractivity contribution in [1.29, 1.82) is 0 Å². The molecule has 1 N–H and O–H groups in total. The van der Waals surface area contributed by atoms with Gasteiger partial charge in [-0.3, -0.25) is 4.99 Å². The van der Waals surface area contributed by atoms with Crippen molar-refractivity contribution in [3.63, 3.8) is 0 Å². The van der Waals surface area contributed by atoms with Gasteiger partial charge >= 0.3 is 0 Å². The summed E-state index contributed by atoms with van der Waals surface area (Å²) in [6, 6.07) is 0. The van der Waals surface area contributed by atoms with Crippen molar-refractivity contribution < 1.29 is 4.74 Å². The highest BCUT2D eigenvalue weighted by atomic mass is 127. The third-order valence-electron chi connectivity index (χ3n) is 4.00. The lowest BCUT2D eigenvalue weighted by molar-refractivity contribution is -0.0164. The molecule has 0 bridgehead atoms. The summed E-state index contributed by atoms with van der Waals surface area (Å²) in [7, 11) is 4.02. The Morgan fingerprint density at radius 2 is 2.15 bits per heavy atom. The van der Waals surface area contributed by atoms with Crippen LogP contribution < -0.4 is 5.32 Å². The van der Waals surface area contributed by atoms with Crippen LogP contribution in [0.1, 0.15) is 19.8 Å². The van der Waals surface area contributed by atoms with Crippen molar-refractivity contribution in [1.82, 2.24) is 15.1 Å². The maximum atomic E-state index is 5.77. The standard InChI is InChI=1S/C14H28N4O.HI/c1-12-5-4-6-18(10-12)14(15-2)16-9-13-11-17(3)7-8-19-13;/h12-13H,4-11H2,1-3H3,(H,15,16);1H. The molecule has 0 aromatic carbocycles. The molecule has 0 spiro atoms. The molecule has 5 nitrogen and oxygen atoms in total. The Hall–Kier alpha value is -0.0800. The molecule has 2 saturated heterocycles. The van der Waals surface area contributed by atoms with Crippen molar-refractivity contribution in [3.8, 4) is 0 Å². The van der Waals surface area contributed by atoms with Crippen LogP contribution in [0.4, 0.5) is 0 Å². The monoisotopic (exact) mass is 396 g/mol. The van der Waals surface area contributed by atoms with Crippen LogP contribution in [0.5, 0.6) is 0 Å². The van der Waals surface area contributed by atoms with Crippen LogP contribution in [0.3, 0.4) is 0 Å². The molecule has 0 aromatic rings. The van der Waals surface area contributed by atoms with E-state index in [1.165, 1.54) is 12.8 Å². The molecular formula is C14H29IN4O. The second-order valence-corrected chi connectivity index (χ2v) is 5.88. The Kier molecular flexibility index (Phi) is 8.13. The van der Waals surface area contributed by atoms with Gasteiger partial charge in [0, 0.05) is 39.8 Å². The van der Waals surface area contributed by atoms with E-state index in [2.05, 4.69) is 34.1 Å². The van der Waals surface area contributed by atoms with Crippen LogP contribution in [0.25, 0.3) is 0 Å². The molecule has 2 rings (SSSR count). The van der Waals surface area contributed by atoms with Gasteiger partial charge in [-0.1, -0.05) is 6.92 Å². The van der Waals surface area contributed by atoms with Gasteiger partial charge in [-0.15, -0.1) is 24.0 Å². The lowest BCUT2D eigenvalue weighted by Gasteiger charge is -2.35. The Bertz CT molecular complexity index is 314. The average molecular weight is 396 g/mol. The van der Waals surface area contributed by atoms with Gasteiger partial charge in [0.15, 0.2) is 5.96 Å². The molecule has 0 amide bonds. The lowest BCUT2D eigenvalue weighted by Crippen LogP contribution is -2.51. The van der Waals surface area contributed by atoms with E-state index in [4.69, 9.17) is 4.74 Å². The number of halogens is 1. The summed E-state index contributed by atoms with van der Waals surface area (Å²) >= 11 is 0. The third kappa shape index (κ3) is 5.37. The van der Waals surface area contributed by atoms with E-state index in [1.807, 2.05) is 7.05 Å². The summed E-state index contributed by atoms with van der Waals surface area (Å²) in [6.07, 6.45) is 2.88. The lowest BCUT2D eigenvalue weighted by atomic mass is 10.0. The number of nitrogens with one attached hydrogen (secondary N) is 1. The fourth-order valence-electron chi connectivity index (χ4n) is 2.91. The molecule has 2 aliphatic heterocycles. The number of hydrogen-bond acceptors (Lipinski definition) is 3. The average Bonchev–Trinajstić information content (AvgIpc) is 2.40. The predicted octanol–water partition coefficient (Wildman–Crippen LogP) is 1.24. The second-order valence-electron chi connectivity index (χ2n) is 5.88. The van der Waals surface area contributed by atoms with Crippen LogP contribution in [-0.2, 0) is 4.74 Å². The minimum absolute atomic E-state index is 0. The minimum atomic E-state index is 0. The molecular weight excluding hydrogens is 367 g/mol. The van der Waals surface area contributed by atoms with Crippen molar-refractivity contribution in [2.24, 2.45) is 10.9 Å². The zero-order valence-corrected chi connectivity index (χ0v) is 15.3. The molecule has 2 unspecified atom stereocenters. The van der Waals surface area contributed by atoms with Crippen molar-refractivity contribution in [2.45, 2.75) is 25.9 Å². The normalized spacial score (nSPS) is 28.9. The number of hydrogen-bond donors (Lipinski definition) is 1. The number of rotatable bonds is 2. The van der Waals surface area contributed by atoms with E-state index in [-0.39, 0.29) is 30.1 Å². The summed E-state index contributed by atoms with van der Waals surface area (Å²) in [5.74, 6) is 1.80. The Balaban J connectivity index is 0.00000200. The van der Waals surface area contributed by atoms with Crippen molar-refractivity contribution in [2.75, 3.05) is 53.4 Å². The van der Waals surface area contributed by atoms with Gasteiger partial charge in [-0.25, -0.2) is 0 Å². The first-order chi connectivity index (χ1) is 9.19. The van der Waals surface area contributed by atoms with Crippen LogP contribution in [0.2, 0.25) is 0 Å². The molecule has 2 heterocycles. The zero-order chi connectivity index (χ0) is 13.7. The van der Waals surface area contributed by atoms with Gasteiger partial charge < -0.3 is 19.9 Å². The minimum Gasteiger partial charge on any atom is -0.374 e. The Labute approximate surface area is 140 Å². The van der Waals surface area contributed by atoms with E-state index in [1.54, 1.807) is 0 Å². The largest absolute Gasteiger partial charge is 0.374 e. The second kappa shape index (κ2) is 9.04. The SMILES string of the molecule is CN=C(NCC1CN(C)CCO1)N1CCCC(C)C1.I. The van der Waals surface area contributed by atoms with E-state index in [9.17, 15) is 0 Å². The number of ether oxygens (including phenoxy) is 1. The molecule has 0 radical (unpaired) electrons. The maximum Gasteiger partial charge on any atom is 0.193 e. The highest BCUT2D eigenvalue weighted by Gasteiger charge is 2.21. The van der Waals surface area contributed by atoms with Crippen LogP contribution in [-0.4, -0.2) is 75.3 Å². The van der Waals surface area contributed by atoms with E-state index in [0.29, 0.717) is 0 Å². The van der Waals surface area contributed by atoms with Gasteiger partial charge in [-0.2, -0.15) is 0 Å². The maximum absolute atomic E-state index is 5.77. The molecule has 0 aliphatic carbocycles. The van der Waals surface area contributed by atoms with Crippen molar-refractivity contribution >= 4 is 29.9 Å². The van der Waals surface area contributed by atoms with Gasteiger partial charge in [0.05, 0.1) is 12.7 Å². The first kappa shape index (κ1) is 18.0. The van der Waals surface area contributed by atoms with Crippen LogP contribution in [0.15, 0.2) is 4.99 Å². The molecule has 0 aromatic heterocycles. The number of aliphatic imine (C=N–C) groups is 1. The van der Waals surface area contributed by atoms with E-state index < -0.39 is 0 Å². The molecule has 20 heavy (non-hydrogen) atoms. The smallest absolute Gasteiger partial charge is 0.193 e. The number of morpholine rings is 1. The van der Waals surface area contributed by atoms with E-state index in [0.717, 1.165) is 51.2 Å². The molecule has 0 saturated carbocycles. The number of guanidine groups is 1. The third-order valence-corrected chi connectivity index (χ3v) is 4.00. The summed E-state index contributed by atoms with van der Waals surface area (Å²) in [5, 5.41) is 3.47. The van der Waals surface area contributed by atoms with E-state index >= 15 is 0 Å². The quantitative estimate of drug-likeness (QED) is 0.433. The fraction of sp³-hybridized carbons (Fsp3) is 0.929. The predicted molar refractivity (Wildman–Crippen MR) is 94.0 cm³/mol. The number of nitrogens with zero attached hydrogens (tertiary/aromatic N) is 3. The first-order valence-corrected chi connectivity index (χ1v) is 7.44. The number of piperidine rings is 1. The van der Waals surface area contributed by atoms with Crippen molar-refractivity contribution in [3.05, 3.63) is 0 Å². The Morgan fingerprint density at radius 3 is 2.80 bits per heavy atom. The van der Waals surface area contributed by atoms with Gasteiger partial charge in [0.1, 0.15) is 0 Å². The topological polar surface area (TPSA) is 40.1 Å². The summed E-state index contributed by atoms with van der Waals surface area (Å²) in [5.41, 5.74) is 0. The van der Waals surface area contributed by atoms with Gasteiger partial charge in [0.2, 0.25) is 0 Å². The summed E-state index contributed by atoms with van der Waals surface area (Å²) in [4.78, 5) is 9.11. The van der Waals surface area contributed by atoms with Gasteiger partial charge in [-0.05, 0) is 25.8 Å². The van der Waals surface area contributed by atoms with Gasteiger partial charge in [0.25, 0.3) is 0 Å². The Morgan fingerprint density at radius 1 is 1.35 bits per heavy atom.